The number of hydrogen-bond acceptors (Lipinski definition) is 4. The number of carboxylic acid groups (broad SMARTS) is 1. The van der Waals surface area contributed by atoms with Gasteiger partial charge in [-0.2, -0.15) is 0 Å². The maximum Gasteiger partial charge on any atom is 1.00 e. The number of nitrogens with zero attached hydrogens (tertiary/aromatic N) is 1. The topological polar surface area (TPSA) is 60.4 Å². The number of thioether (sulfide) groups is 1. The molecule has 1 fully saturated rings. The van der Waals surface area contributed by atoms with Crippen molar-refractivity contribution in [3.63, 3.8) is 0 Å². The van der Waals surface area contributed by atoms with Crippen molar-refractivity contribution in [3.8, 4) is 0 Å². The van der Waals surface area contributed by atoms with Crippen LogP contribution in [0.3, 0.4) is 0 Å². The molecule has 15 heavy (non-hydrogen) atoms. The SMILES string of the molecule is CCSC1=C(C(=O)[O-])N2C(=O)CC2C1.[Na+]. The van der Waals surface area contributed by atoms with Crippen molar-refractivity contribution < 1.29 is 44.3 Å². The number of carbonyl (C=O) groups excluding carboxylic acids is 2. The average Bonchev–Trinajstić information content (AvgIpc) is 2.39. The minimum atomic E-state index is -1.23. The molecule has 0 N–H and O–H groups in total. The quantitative estimate of drug-likeness (QED) is 0.380. The summed E-state index contributed by atoms with van der Waals surface area (Å²) in [5, 5.41) is 10.8. The minimum absolute atomic E-state index is 0. The molecular formula is C9H10NNaO3S. The van der Waals surface area contributed by atoms with Crippen LogP contribution in [-0.2, 0) is 9.59 Å². The Balaban J connectivity index is 0.00000112. The second kappa shape index (κ2) is 4.91. The first kappa shape index (κ1) is 13.1. The molecule has 0 aromatic carbocycles. The zero-order valence-corrected chi connectivity index (χ0v) is 11.6. The Kier molecular flexibility index (Phi) is 4.29. The van der Waals surface area contributed by atoms with Crippen LogP contribution in [0.15, 0.2) is 10.6 Å². The van der Waals surface area contributed by atoms with Gasteiger partial charge in [0.05, 0.1) is 17.7 Å². The summed E-state index contributed by atoms with van der Waals surface area (Å²) in [6.07, 6.45) is 1.16. The number of aliphatic carboxylic acids is 1. The zero-order valence-electron chi connectivity index (χ0n) is 8.78. The van der Waals surface area contributed by atoms with Gasteiger partial charge in [0.1, 0.15) is 0 Å². The molecule has 1 saturated heterocycles. The summed E-state index contributed by atoms with van der Waals surface area (Å²) in [4.78, 5) is 24.2. The molecule has 1 atom stereocenters. The molecule has 0 aromatic heterocycles. The summed E-state index contributed by atoms with van der Waals surface area (Å²) in [6.45, 7) is 1.96. The fraction of sp³-hybridized carbons (Fsp3) is 0.556. The molecule has 1 amide bonds. The van der Waals surface area contributed by atoms with Crippen LogP contribution in [0.2, 0.25) is 0 Å². The first-order chi connectivity index (χ1) is 6.65. The molecule has 76 valence electrons. The van der Waals surface area contributed by atoms with Gasteiger partial charge >= 0.3 is 29.6 Å². The van der Waals surface area contributed by atoms with Crippen molar-refractivity contribution in [2.75, 3.05) is 5.75 Å². The van der Waals surface area contributed by atoms with Gasteiger partial charge in [0.2, 0.25) is 5.91 Å². The number of carboxylic acids is 1. The van der Waals surface area contributed by atoms with E-state index in [4.69, 9.17) is 0 Å². The summed E-state index contributed by atoms with van der Waals surface area (Å²) in [7, 11) is 0. The van der Waals surface area contributed by atoms with Gasteiger partial charge in [0.25, 0.3) is 0 Å². The van der Waals surface area contributed by atoms with Crippen LogP contribution in [0.25, 0.3) is 0 Å². The van der Waals surface area contributed by atoms with E-state index >= 15 is 0 Å². The fourth-order valence-corrected chi connectivity index (χ4v) is 2.89. The van der Waals surface area contributed by atoms with Crippen molar-refractivity contribution in [2.24, 2.45) is 0 Å². The Labute approximate surface area is 114 Å². The van der Waals surface area contributed by atoms with E-state index in [0.29, 0.717) is 12.8 Å². The Morgan fingerprint density at radius 3 is 2.73 bits per heavy atom. The molecule has 0 aromatic rings. The molecule has 0 aliphatic carbocycles. The second-order valence-corrected chi connectivity index (χ2v) is 4.68. The number of rotatable bonds is 3. The molecule has 4 nitrogen and oxygen atoms in total. The molecule has 0 bridgehead atoms. The van der Waals surface area contributed by atoms with Crippen molar-refractivity contribution in [1.29, 1.82) is 0 Å². The molecule has 2 heterocycles. The van der Waals surface area contributed by atoms with Crippen LogP contribution < -0.4 is 34.7 Å². The molecule has 2 rings (SSSR count). The van der Waals surface area contributed by atoms with Crippen LogP contribution in [0.4, 0.5) is 0 Å². The molecule has 0 spiro atoms. The molecule has 2 aliphatic heterocycles. The van der Waals surface area contributed by atoms with Gasteiger partial charge in [-0.05, 0) is 5.75 Å². The van der Waals surface area contributed by atoms with Crippen LogP contribution in [0.5, 0.6) is 0 Å². The van der Waals surface area contributed by atoms with Gasteiger partial charge in [-0.25, -0.2) is 0 Å². The summed E-state index contributed by atoms with van der Waals surface area (Å²) >= 11 is 1.49. The maximum atomic E-state index is 11.2. The van der Waals surface area contributed by atoms with Gasteiger partial charge in [-0.15, -0.1) is 11.8 Å². The predicted molar refractivity (Wildman–Crippen MR) is 50.0 cm³/mol. The van der Waals surface area contributed by atoms with Crippen molar-refractivity contribution in [3.05, 3.63) is 10.6 Å². The fourth-order valence-electron chi connectivity index (χ4n) is 1.91. The third kappa shape index (κ3) is 2.11. The second-order valence-electron chi connectivity index (χ2n) is 3.32. The molecule has 1 unspecified atom stereocenters. The largest absolute Gasteiger partial charge is 1.00 e. The van der Waals surface area contributed by atoms with Gasteiger partial charge in [0.15, 0.2) is 0 Å². The van der Waals surface area contributed by atoms with E-state index in [2.05, 4.69) is 0 Å². The molecule has 0 radical (unpaired) electrons. The number of amides is 1. The minimum Gasteiger partial charge on any atom is -0.543 e. The number of fused-ring (bicyclic) bond motifs is 1. The Morgan fingerprint density at radius 1 is 1.60 bits per heavy atom. The predicted octanol–water partition coefficient (Wildman–Crippen LogP) is -3.29. The Bertz CT molecular complexity index is 342. The third-order valence-electron chi connectivity index (χ3n) is 2.48. The van der Waals surface area contributed by atoms with E-state index < -0.39 is 5.97 Å². The monoisotopic (exact) mass is 235 g/mol. The number of hydrogen-bond donors (Lipinski definition) is 0. The normalized spacial score (nSPS) is 23.4. The van der Waals surface area contributed by atoms with Gasteiger partial charge < -0.3 is 14.8 Å². The van der Waals surface area contributed by atoms with Crippen LogP contribution in [-0.4, -0.2) is 28.6 Å². The van der Waals surface area contributed by atoms with Gasteiger partial charge in [-0.1, -0.05) is 6.92 Å². The number of β-lactam (4-membered cyclic amide) rings is 1. The van der Waals surface area contributed by atoms with E-state index in [9.17, 15) is 14.7 Å². The van der Waals surface area contributed by atoms with Crippen molar-refractivity contribution in [2.45, 2.75) is 25.8 Å². The third-order valence-corrected chi connectivity index (χ3v) is 3.48. The molecular weight excluding hydrogens is 225 g/mol. The standard InChI is InChI=1S/C9H11NO3S.Na/c1-2-14-6-3-5-4-7(11)10(5)8(6)9(12)13;/h5H,2-4H2,1H3,(H,12,13);/q;+1/p-1. The molecule has 2 aliphatic rings. The smallest absolute Gasteiger partial charge is 0.543 e. The van der Waals surface area contributed by atoms with E-state index in [-0.39, 0.29) is 47.2 Å². The maximum absolute atomic E-state index is 11.2. The summed E-state index contributed by atoms with van der Waals surface area (Å²) in [5.74, 6) is -0.502. The van der Waals surface area contributed by atoms with E-state index in [1.54, 1.807) is 0 Å². The van der Waals surface area contributed by atoms with Crippen LogP contribution >= 0.6 is 11.8 Å². The Morgan fingerprint density at radius 2 is 2.27 bits per heavy atom. The first-order valence-corrected chi connectivity index (χ1v) is 5.53. The van der Waals surface area contributed by atoms with Crippen molar-refractivity contribution >= 4 is 23.6 Å². The van der Waals surface area contributed by atoms with E-state index in [1.165, 1.54) is 16.7 Å². The van der Waals surface area contributed by atoms with E-state index in [1.807, 2.05) is 6.92 Å². The summed E-state index contributed by atoms with van der Waals surface area (Å²) in [5.41, 5.74) is 0.109. The van der Waals surface area contributed by atoms with Crippen LogP contribution in [0, 0.1) is 0 Å². The average molecular weight is 235 g/mol. The molecule has 6 heteroatoms. The number of carbonyl (C=O) groups is 2. The zero-order chi connectivity index (χ0) is 10.3. The van der Waals surface area contributed by atoms with E-state index in [0.717, 1.165) is 10.7 Å². The van der Waals surface area contributed by atoms with Crippen LogP contribution in [0.1, 0.15) is 19.8 Å². The summed E-state index contributed by atoms with van der Waals surface area (Å²) < 4.78 is 0. The van der Waals surface area contributed by atoms with Gasteiger partial charge in [-0.3, -0.25) is 4.79 Å². The first-order valence-electron chi connectivity index (χ1n) is 4.54. The summed E-state index contributed by atoms with van der Waals surface area (Å²) in [6, 6.07) is 0.0875. The van der Waals surface area contributed by atoms with Crippen molar-refractivity contribution in [1.82, 2.24) is 4.90 Å². The molecule has 0 saturated carbocycles. The Hall–Kier alpha value is 0.0300. The van der Waals surface area contributed by atoms with Gasteiger partial charge in [0, 0.05) is 17.7 Å².